The second-order valence-electron chi connectivity index (χ2n) is 7.79. The van der Waals surface area contributed by atoms with Gasteiger partial charge in [0.25, 0.3) is 0 Å². The fourth-order valence-corrected chi connectivity index (χ4v) is 5.10. The molecule has 0 saturated heterocycles. The zero-order valence-electron chi connectivity index (χ0n) is 13.4. The van der Waals surface area contributed by atoms with Gasteiger partial charge in [0.05, 0.1) is 0 Å². The highest BCUT2D eigenvalue weighted by Crippen LogP contribution is 2.60. The smallest absolute Gasteiger partial charge is 0.0431 e. The van der Waals surface area contributed by atoms with Gasteiger partial charge in [0.1, 0.15) is 0 Å². The number of hydrogen-bond acceptors (Lipinski definition) is 1. The average Bonchev–Trinajstić information content (AvgIpc) is 2.31. The summed E-state index contributed by atoms with van der Waals surface area (Å²) in [4.78, 5) is 0. The molecular weight excluding hydrogens is 232 g/mol. The van der Waals surface area contributed by atoms with Crippen molar-refractivity contribution in [2.75, 3.05) is 6.61 Å². The topological polar surface area (TPSA) is 20.2 Å². The van der Waals surface area contributed by atoms with Crippen LogP contribution in [0, 0.1) is 16.7 Å². The van der Waals surface area contributed by atoms with Crippen LogP contribution >= 0.6 is 0 Å². The molecule has 0 amide bonds. The van der Waals surface area contributed by atoms with E-state index in [2.05, 4.69) is 27.7 Å². The van der Waals surface area contributed by atoms with Gasteiger partial charge in [-0.25, -0.2) is 0 Å². The summed E-state index contributed by atoms with van der Waals surface area (Å²) in [5, 5.41) is 9.03. The standard InChI is InChI=1S/C18H32O/c1-14-9-10-16-17(2,3)11-7-12-18(16,4)15(14)8-5-6-13-19/h16,19H,5-13H2,1-4H3/t16-,18-/m1/s1. The van der Waals surface area contributed by atoms with Gasteiger partial charge in [-0.1, -0.05) is 38.3 Å². The Kier molecular flexibility index (Phi) is 4.45. The van der Waals surface area contributed by atoms with Crippen LogP contribution in [0.1, 0.15) is 79.1 Å². The van der Waals surface area contributed by atoms with E-state index in [-0.39, 0.29) is 0 Å². The van der Waals surface area contributed by atoms with E-state index in [1.807, 2.05) is 0 Å². The lowest BCUT2D eigenvalue weighted by molar-refractivity contribution is 0.0101. The summed E-state index contributed by atoms with van der Waals surface area (Å²) in [6.45, 7) is 10.2. The monoisotopic (exact) mass is 264 g/mol. The molecule has 110 valence electrons. The van der Waals surface area contributed by atoms with Crippen LogP contribution in [0.5, 0.6) is 0 Å². The Labute approximate surface area is 119 Å². The Balaban J connectivity index is 2.24. The van der Waals surface area contributed by atoms with Gasteiger partial charge in [-0.05, 0) is 68.6 Å². The second-order valence-corrected chi connectivity index (χ2v) is 7.79. The van der Waals surface area contributed by atoms with Gasteiger partial charge in [-0.2, -0.15) is 0 Å². The third-order valence-electron chi connectivity index (χ3n) is 6.08. The van der Waals surface area contributed by atoms with Crippen molar-refractivity contribution >= 4 is 0 Å². The molecule has 1 fully saturated rings. The lowest BCUT2D eigenvalue weighted by Crippen LogP contribution is -2.45. The molecule has 0 aromatic rings. The second kappa shape index (κ2) is 5.60. The maximum Gasteiger partial charge on any atom is 0.0431 e. The van der Waals surface area contributed by atoms with E-state index in [0.29, 0.717) is 17.4 Å². The maximum absolute atomic E-state index is 9.03. The summed E-state index contributed by atoms with van der Waals surface area (Å²) in [7, 11) is 0. The average molecular weight is 264 g/mol. The number of rotatable bonds is 4. The van der Waals surface area contributed by atoms with E-state index in [1.165, 1.54) is 38.5 Å². The van der Waals surface area contributed by atoms with Gasteiger partial charge in [0, 0.05) is 6.61 Å². The van der Waals surface area contributed by atoms with Crippen molar-refractivity contribution < 1.29 is 5.11 Å². The molecule has 2 aliphatic rings. The van der Waals surface area contributed by atoms with E-state index < -0.39 is 0 Å². The van der Waals surface area contributed by atoms with E-state index >= 15 is 0 Å². The van der Waals surface area contributed by atoms with Crippen LogP contribution in [-0.4, -0.2) is 11.7 Å². The Morgan fingerprint density at radius 3 is 2.58 bits per heavy atom. The highest BCUT2D eigenvalue weighted by atomic mass is 16.2. The number of unbranched alkanes of at least 4 members (excludes halogenated alkanes) is 1. The minimum absolute atomic E-state index is 0.345. The molecule has 2 atom stereocenters. The molecule has 0 heterocycles. The van der Waals surface area contributed by atoms with Crippen LogP contribution < -0.4 is 0 Å². The molecule has 1 N–H and O–H groups in total. The lowest BCUT2D eigenvalue weighted by Gasteiger charge is -2.55. The van der Waals surface area contributed by atoms with Crippen LogP contribution in [0.15, 0.2) is 11.1 Å². The first-order valence-corrected chi connectivity index (χ1v) is 8.22. The summed E-state index contributed by atoms with van der Waals surface area (Å²) in [6.07, 6.45) is 10.2. The van der Waals surface area contributed by atoms with Crippen LogP contribution in [0.4, 0.5) is 0 Å². The normalized spacial score (nSPS) is 34.3. The molecule has 19 heavy (non-hydrogen) atoms. The van der Waals surface area contributed by atoms with E-state index in [0.717, 1.165) is 18.8 Å². The van der Waals surface area contributed by atoms with Gasteiger partial charge < -0.3 is 5.11 Å². The van der Waals surface area contributed by atoms with E-state index in [9.17, 15) is 0 Å². The first kappa shape index (κ1) is 15.1. The summed E-state index contributed by atoms with van der Waals surface area (Å²) in [5.41, 5.74) is 4.37. The van der Waals surface area contributed by atoms with Gasteiger partial charge in [-0.15, -0.1) is 0 Å². The maximum atomic E-state index is 9.03. The molecule has 0 aromatic carbocycles. The first-order valence-electron chi connectivity index (χ1n) is 8.22. The van der Waals surface area contributed by atoms with Crippen molar-refractivity contribution in [1.29, 1.82) is 0 Å². The zero-order valence-corrected chi connectivity index (χ0v) is 13.4. The van der Waals surface area contributed by atoms with E-state index in [1.54, 1.807) is 11.1 Å². The fraction of sp³-hybridized carbons (Fsp3) is 0.889. The Morgan fingerprint density at radius 2 is 1.89 bits per heavy atom. The highest BCUT2D eigenvalue weighted by molar-refractivity contribution is 5.27. The van der Waals surface area contributed by atoms with Gasteiger partial charge in [-0.3, -0.25) is 0 Å². The Bertz CT molecular complexity index is 353. The van der Waals surface area contributed by atoms with Crippen LogP contribution in [0.25, 0.3) is 0 Å². The lowest BCUT2D eigenvalue weighted by atomic mass is 9.50. The molecule has 2 aliphatic carbocycles. The number of allylic oxidation sites excluding steroid dienone is 2. The molecule has 0 bridgehead atoms. The Morgan fingerprint density at radius 1 is 1.16 bits per heavy atom. The fourth-order valence-electron chi connectivity index (χ4n) is 5.10. The van der Waals surface area contributed by atoms with Crippen molar-refractivity contribution in [3.63, 3.8) is 0 Å². The quantitative estimate of drug-likeness (QED) is 0.554. The largest absolute Gasteiger partial charge is 0.396 e. The predicted molar refractivity (Wildman–Crippen MR) is 82.1 cm³/mol. The SMILES string of the molecule is CC1=C(CCCCO)[C@@]2(C)CCCC(C)(C)[C@H]2CC1. The summed E-state index contributed by atoms with van der Waals surface area (Å²) in [6, 6.07) is 0. The summed E-state index contributed by atoms with van der Waals surface area (Å²) < 4.78 is 0. The predicted octanol–water partition coefficient (Wildman–Crippen LogP) is 5.09. The molecule has 0 spiro atoms. The van der Waals surface area contributed by atoms with Crippen LogP contribution in [-0.2, 0) is 0 Å². The van der Waals surface area contributed by atoms with Gasteiger partial charge in [0.2, 0.25) is 0 Å². The molecule has 0 aromatic heterocycles. The minimum Gasteiger partial charge on any atom is -0.396 e. The Hall–Kier alpha value is -0.300. The molecule has 0 radical (unpaired) electrons. The number of fused-ring (bicyclic) bond motifs is 1. The summed E-state index contributed by atoms with van der Waals surface area (Å²) in [5.74, 6) is 0.863. The highest BCUT2D eigenvalue weighted by Gasteiger charge is 2.49. The number of aliphatic hydroxyl groups excluding tert-OH is 1. The van der Waals surface area contributed by atoms with Crippen molar-refractivity contribution in [3.05, 3.63) is 11.1 Å². The molecule has 1 nitrogen and oxygen atoms in total. The van der Waals surface area contributed by atoms with E-state index in [4.69, 9.17) is 5.11 Å². The van der Waals surface area contributed by atoms with Crippen molar-refractivity contribution in [2.24, 2.45) is 16.7 Å². The van der Waals surface area contributed by atoms with Crippen molar-refractivity contribution in [1.82, 2.24) is 0 Å². The zero-order chi connectivity index (χ0) is 14.1. The van der Waals surface area contributed by atoms with Gasteiger partial charge >= 0.3 is 0 Å². The van der Waals surface area contributed by atoms with Crippen LogP contribution in [0.2, 0.25) is 0 Å². The number of aliphatic hydroxyl groups is 1. The van der Waals surface area contributed by atoms with Crippen molar-refractivity contribution in [3.8, 4) is 0 Å². The third kappa shape index (κ3) is 2.77. The first-order chi connectivity index (χ1) is 8.92. The summed E-state index contributed by atoms with van der Waals surface area (Å²) >= 11 is 0. The molecule has 1 saturated carbocycles. The molecular formula is C18H32O. The molecule has 0 unspecified atom stereocenters. The molecule has 1 heteroatoms. The number of hydrogen-bond donors (Lipinski definition) is 1. The molecule has 2 rings (SSSR count). The van der Waals surface area contributed by atoms with Gasteiger partial charge in [0.15, 0.2) is 0 Å². The molecule has 0 aliphatic heterocycles. The minimum atomic E-state index is 0.345. The third-order valence-corrected chi connectivity index (χ3v) is 6.08. The van der Waals surface area contributed by atoms with Crippen molar-refractivity contribution in [2.45, 2.75) is 79.1 Å². The van der Waals surface area contributed by atoms with Crippen LogP contribution in [0.3, 0.4) is 0 Å².